The quantitative estimate of drug-likeness (QED) is 0.704. The summed E-state index contributed by atoms with van der Waals surface area (Å²) in [6, 6.07) is -0.953. The highest BCUT2D eigenvalue weighted by atomic mass is 32.2. The molecule has 0 saturated heterocycles. The van der Waals surface area contributed by atoms with Gasteiger partial charge in [0.25, 0.3) is 0 Å². The van der Waals surface area contributed by atoms with E-state index in [1.807, 2.05) is 6.26 Å². The molecule has 116 valence electrons. The van der Waals surface area contributed by atoms with Gasteiger partial charge >= 0.3 is 12.0 Å². The maximum absolute atomic E-state index is 11.9. The summed E-state index contributed by atoms with van der Waals surface area (Å²) in [4.78, 5) is 23.0. The Labute approximate surface area is 125 Å². The molecule has 1 aliphatic carbocycles. The third-order valence-electron chi connectivity index (χ3n) is 3.65. The van der Waals surface area contributed by atoms with Crippen molar-refractivity contribution in [2.75, 3.05) is 12.0 Å². The van der Waals surface area contributed by atoms with Crippen molar-refractivity contribution in [2.24, 2.45) is 0 Å². The van der Waals surface area contributed by atoms with E-state index in [1.165, 1.54) is 19.3 Å². The fraction of sp³-hybridized carbons (Fsp3) is 0.857. The van der Waals surface area contributed by atoms with Crippen molar-refractivity contribution in [3.05, 3.63) is 0 Å². The van der Waals surface area contributed by atoms with Gasteiger partial charge in [0.15, 0.2) is 0 Å². The van der Waals surface area contributed by atoms with Crippen molar-refractivity contribution >= 4 is 23.8 Å². The third-order valence-corrected chi connectivity index (χ3v) is 4.30. The molecule has 0 radical (unpaired) electrons. The topological polar surface area (TPSA) is 78.4 Å². The first-order valence-electron chi connectivity index (χ1n) is 7.42. The van der Waals surface area contributed by atoms with Gasteiger partial charge in [0.05, 0.1) is 0 Å². The fourth-order valence-corrected chi connectivity index (χ4v) is 2.95. The third kappa shape index (κ3) is 7.03. The van der Waals surface area contributed by atoms with Crippen LogP contribution in [-0.4, -0.2) is 41.2 Å². The molecule has 0 aliphatic heterocycles. The summed E-state index contributed by atoms with van der Waals surface area (Å²) in [5, 5.41) is 14.6. The van der Waals surface area contributed by atoms with Crippen LogP contribution in [0.4, 0.5) is 4.79 Å². The lowest BCUT2D eigenvalue weighted by Crippen LogP contribution is -2.49. The zero-order valence-electron chi connectivity index (χ0n) is 12.2. The van der Waals surface area contributed by atoms with Gasteiger partial charge in [0, 0.05) is 6.04 Å². The second-order valence-electron chi connectivity index (χ2n) is 5.33. The number of carbonyl (C=O) groups is 2. The van der Waals surface area contributed by atoms with E-state index in [-0.39, 0.29) is 12.1 Å². The van der Waals surface area contributed by atoms with Crippen molar-refractivity contribution in [2.45, 2.75) is 63.5 Å². The second kappa shape index (κ2) is 9.91. The van der Waals surface area contributed by atoms with Crippen molar-refractivity contribution in [1.29, 1.82) is 0 Å². The Morgan fingerprint density at radius 1 is 1.20 bits per heavy atom. The van der Waals surface area contributed by atoms with Gasteiger partial charge < -0.3 is 15.7 Å². The average molecular weight is 302 g/mol. The largest absolute Gasteiger partial charge is 0.480 e. The lowest BCUT2D eigenvalue weighted by molar-refractivity contribution is -0.139. The number of aliphatic carboxylic acids is 1. The Kier molecular flexibility index (Phi) is 8.49. The van der Waals surface area contributed by atoms with Crippen LogP contribution < -0.4 is 10.6 Å². The Balaban J connectivity index is 2.37. The van der Waals surface area contributed by atoms with Crippen LogP contribution in [0.15, 0.2) is 0 Å². The molecule has 1 saturated carbocycles. The number of urea groups is 1. The minimum Gasteiger partial charge on any atom is -0.480 e. The normalized spacial score (nSPS) is 18.6. The lowest BCUT2D eigenvalue weighted by atomic mass is 9.97. The van der Waals surface area contributed by atoms with Crippen LogP contribution in [0.3, 0.4) is 0 Å². The molecular formula is C14H26N2O3S. The van der Waals surface area contributed by atoms with Crippen LogP contribution in [0, 0.1) is 0 Å². The predicted octanol–water partition coefficient (Wildman–Crippen LogP) is 2.60. The van der Waals surface area contributed by atoms with Gasteiger partial charge in [0.1, 0.15) is 6.04 Å². The number of carboxylic acids is 1. The highest BCUT2D eigenvalue weighted by Gasteiger charge is 2.21. The van der Waals surface area contributed by atoms with Crippen LogP contribution in [0.2, 0.25) is 0 Å². The van der Waals surface area contributed by atoms with Gasteiger partial charge in [-0.25, -0.2) is 9.59 Å². The molecule has 3 N–H and O–H groups in total. The van der Waals surface area contributed by atoms with Gasteiger partial charge in [-0.3, -0.25) is 0 Å². The minimum absolute atomic E-state index is 0.185. The number of carboxylic acid groups (broad SMARTS) is 1. The van der Waals surface area contributed by atoms with Crippen LogP contribution >= 0.6 is 11.8 Å². The Bertz CT molecular complexity index is 305. The van der Waals surface area contributed by atoms with E-state index in [4.69, 9.17) is 5.11 Å². The number of carbonyl (C=O) groups excluding carboxylic acids is 1. The molecule has 0 aromatic heterocycles. The number of rotatable bonds is 6. The SMILES string of the molecule is CSCC[C@H](NC(=O)NC1CCCCCCC1)C(=O)O. The molecule has 20 heavy (non-hydrogen) atoms. The summed E-state index contributed by atoms with van der Waals surface area (Å²) in [5.74, 6) is -0.243. The zero-order chi connectivity index (χ0) is 14.8. The molecule has 2 amide bonds. The molecule has 0 heterocycles. The smallest absolute Gasteiger partial charge is 0.326 e. The monoisotopic (exact) mass is 302 g/mol. The Morgan fingerprint density at radius 3 is 2.35 bits per heavy atom. The molecule has 0 aromatic carbocycles. The van der Waals surface area contributed by atoms with Gasteiger partial charge in [0.2, 0.25) is 0 Å². The van der Waals surface area contributed by atoms with Gasteiger partial charge in [-0.15, -0.1) is 0 Å². The molecule has 6 heteroatoms. The number of hydrogen-bond donors (Lipinski definition) is 3. The van der Waals surface area contributed by atoms with Crippen LogP contribution in [0.1, 0.15) is 51.4 Å². The average Bonchev–Trinajstić information content (AvgIpc) is 2.37. The van der Waals surface area contributed by atoms with Crippen LogP contribution in [0.5, 0.6) is 0 Å². The number of amides is 2. The standard InChI is InChI=1S/C14H26N2O3S/c1-20-10-9-12(13(17)18)16-14(19)15-11-7-5-3-2-4-6-8-11/h11-12H,2-10H2,1H3,(H,17,18)(H2,15,16,19)/t12-/m0/s1. The zero-order valence-corrected chi connectivity index (χ0v) is 13.0. The van der Waals surface area contributed by atoms with Crippen LogP contribution in [-0.2, 0) is 4.79 Å². The van der Waals surface area contributed by atoms with Gasteiger partial charge in [-0.05, 0) is 31.3 Å². The van der Waals surface area contributed by atoms with E-state index in [9.17, 15) is 9.59 Å². The Morgan fingerprint density at radius 2 is 1.80 bits per heavy atom. The summed E-state index contributed by atoms with van der Waals surface area (Å²) >= 11 is 1.58. The summed E-state index contributed by atoms with van der Waals surface area (Å²) in [5.41, 5.74) is 0. The molecule has 0 spiro atoms. The molecule has 1 fully saturated rings. The lowest BCUT2D eigenvalue weighted by Gasteiger charge is -2.22. The molecule has 5 nitrogen and oxygen atoms in total. The molecule has 1 rings (SSSR count). The molecule has 0 bridgehead atoms. The maximum atomic E-state index is 11.9. The highest BCUT2D eigenvalue weighted by Crippen LogP contribution is 2.17. The number of nitrogens with one attached hydrogen (secondary N) is 2. The Hall–Kier alpha value is -0.910. The van der Waals surface area contributed by atoms with Crippen molar-refractivity contribution in [3.8, 4) is 0 Å². The molecule has 1 atom stereocenters. The van der Waals surface area contributed by atoms with Crippen LogP contribution in [0.25, 0.3) is 0 Å². The van der Waals surface area contributed by atoms with Crippen molar-refractivity contribution in [3.63, 3.8) is 0 Å². The molecular weight excluding hydrogens is 276 g/mol. The minimum atomic E-state index is -0.966. The van der Waals surface area contributed by atoms with E-state index < -0.39 is 12.0 Å². The van der Waals surface area contributed by atoms with E-state index >= 15 is 0 Å². The summed E-state index contributed by atoms with van der Waals surface area (Å²) < 4.78 is 0. The van der Waals surface area contributed by atoms with Crippen molar-refractivity contribution < 1.29 is 14.7 Å². The van der Waals surface area contributed by atoms with E-state index in [2.05, 4.69) is 10.6 Å². The van der Waals surface area contributed by atoms with Crippen molar-refractivity contribution in [1.82, 2.24) is 10.6 Å². The number of thioether (sulfide) groups is 1. The number of hydrogen-bond acceptors (Lipinski definition) is 3. The van der Waals surface area contributed by atoms with E-state index in [0.717, 1.165) is 31.4 Å². The maximum Gasteiger partial charge on any atom is 0.326 e. The first-order chi connectivity index (χ1) is 9.63. The first-order valence-corrected chi connectivity index (χ1v) is 8.81. The molecule has 0 unspecified atom stereocenters. The predicted molar refractivity (Wildman–Crippen MR) is 82.2 cm³/mol. The van der Waals surface area contributed by atoms with Gasteiger partial charge in [-0.1, -0.05) is 32.1 Å². The summed E-state index contributed by atoms with van der Waals surface area (Å²) in [6.07, 6.45) is 10.4. The highest BCUT2D eigenvalue weighted by molar-refractivity contribution is 7.98. The molecule has 0 aromatic rings. The first kappa shape index (κ1) is 17.1. The summed E-state index contributed by atoms with van der Waals surface area (Å²) in [6.45, 7) is 0. The van der Waals surface area contributed by atoms with Gasteiger partial charge in [-0.2, -0.15) is 11.8 Å². The second-order valence-corrected chi connectivity index (χ2v) is 6.32. The fourth-order valence-electron chi connectivity index (χ4n) is 2.48. The molecule has 1 aliphatic rings. The summed E-state index contributed by atoms with van der Waals surface area (Å²) in [7, 11) is 0. The van der Waals surface area contributed by atoms with E-state index in [0.29, 0.717) is 6.42 Å². The van der Waals surface area contributed by atoms with E-state index in [1.54, 1.807) is 11.8 Å².